The Morgan fingerprint density at radius 2 is 2.20 bits per heavy atom. The third-order valence-electron chi connectivity index (χ3n) is 2.88. The Balaban J connectivity index is 2.28. The number of hydrogen-bond donors (Lipinski definition) is 1. The molecule has 82 valence electrons. The standard InChI is InChI=1S/C13H18O2/c1-9-5-4-6-11-12(9)10(8-15-11)7-13(2,3)14/h4-6,10,14H,7-8H2,1-3H3. The molecule has 1 heterocycles. The summed E-state index contributed by atoms with van der Waals surface area (Å²) < 4.78 is 5.63. The maximum Gasteiger partial charge on any atom is 0.123 e. The average Bonchev–Trinajstić information content (AvgIpc) is 2.47. The third-order valence-corrected chi connectivity index (χ3v) is 2.88. The van der Waals surface area contributed by atoms with E-state index < -0.39 is 5.60 Å². The molecule has 1 unspecified atom stereocenters. The minimum atomic E-state index is -0.627. The van der Waals surface area contributed by atoms with E-state index in [9.17, 15) is 5.11 Å². The van der Waals surface area contributed by atoms with Gasteiger partial charge in [0.1, 0.15) is 5.75 Å². The summed E-state index contributed by atoms with van der Waals surface area (Å²) in [6.07, 6.45) is 0.755. The first-order chi connectivity index (χ1) is 6.97. The highest BCUT2D eigenvalue weighted by Gasteiger charge is 2.30. The van der Waals surface area contributed by atoms with Gasteiger partial charge in [0.25, 0.3) is 0 Å². The molecule has 0 amide bonds. The van der Waals surface area contributed by atoms with E-state index in [1.165, 1.54) is 11.1 Å². The van der Waals surface area contributed by atoms with E-state index in [4.69, 9.17) is 4.74 Å². The molecule has 0 saturated heterocycles. The first-order valence-corrected chi connectivity index (χ1v) is 5.42. The maximum atomic E-state index is 9.84. The molecule has 1 aliphatic heterocycles. The minimum absolute atomic E-state index is 0.334. The maximum absolute atomic E-state index is 9.84. The van der Waals surface area contributed by atoms with Crippen molar-refractivity contribution in [3.8, 4) is 5.75 Å². The van der Waals surface area contributed by atoms with Gasteiger partial charge in [-0.1, -0.05) is 12.1 Å². The average molecular weight is 206 g/mol. The molecular formula is C13H18O2. The SMILES string of the molecule is Cc1cccc2c1C(CC(C)(C)O)CO2. The topological polar surface area (TPSA) is 29.5 Å². The van der Waals surface area contributed by atoms with E-state index in [1.807, 2.05) is 26.0 Å². The van der Waals surface area contributed by atoms with Crippen LogP contribution >= 0.6 is 0 Å². The molecular weight excluding hydrogens is 188 g/mol. The normalized spacial score (nSPS) is 19.9. The van der Waals surface area contributed by atoms with Gasteiger partial charge in [-0.15, -0.1) is 0 Å². The largest absolute Gasteiger partial charge is 0.493 e. The second kappa shape index (κ2) is 3.53. The van der Waals surface area contributed by atoms with Crippen LogP contribution in [0.5, 0.6) is 5.75 Å². The number of hydrogen-bond acceptors (Lipinski definition) is 2. The molecule has 1 aromatic carbocycles. The molecule has 1 aromatic rings. The van der Waals surface area contributed by atoms with Gasteiger partial charge >= 0.3 is 0 Å². The number of ether oxygens (including phenoxy) is 1. The number of aryl methyl sites for hydroxylation is 1. The van der Waals surface area contributed by atoms with Crippen LogP contribution in [0, 0.1) is 6.92 Å². The lowest BCUT2D eigenvalue weighted by Crippen LogP contribution is -2.23. The van der Waals surface area contributed by atoms with Crippen LogP contribution in [0.15, 0.2) is 18.2 Å². The molecule has 1 aliphatic rings. The van der Waals surface area contributed by atoms with Crippen molar-refractivity contribution in [1.29, 1.82) is 0 Å². The highest BCUT2D eigenvalue weighted by atomic mass is 16.5. The summed E-state index contributed by atoms with van der Waals surface area (Å²) in [7, 11) is 0. The van der Waals surface area contributed by atoms with E-state index in [2.05, 4.69) is 13.0 Å². The molecule has 2 nitrogen and oxygen atoms in total. The number of benzene rings is 1. The first kappa shape index (κ1) is 10.5. The van der Waals surface area contributed by atoms with Crippen molar-refractivity contribution in [2.24, 2.45) is 0 Å². The monoisotopic (exact) mass is 206 g/mol. The molecule has 2 rings (SSSR count). The van der Waals surface area contributed by atoms with E-state index in [0.29, 0.717) is 12.5 Å². The summed E-state index contributed by atoms with van der Waals surface area (Å²) in [5, 5.41) is 9.84. The number of fused-ring (bicyclic) bond motifs is 1. The Hall–Kier alpha value is -1.02. The summed E-state index contributed by atoms with van der Waals surface area (Å²) in [4.78, 5) is 0. The van der Waals surface area contributed by atoms with Crippen molar-refractivity contribution in [2.45, 2.75) is 38.7 Å². The van der Waals surface area contributed by atoms with Gasteiger partial charge in [-0.2, -0.15) is 0 Å². The van der Waals surface area contributed by atoms with Crippen molar-refractivity contribution in [3.05, 3.63) is 29.3 Å². The Labute approximate surface area is 90.9 Å². The van der Waals surface area contributed by atoms with Crippen LogP contribution in [-0.2, 0) is 0 Å². The van der Waals surface area contributed by atoms with Crippen molar-refractivity contribution in [1.82, 2.24) is 0 Å². The van der Waals surface area contributed by atoms with Crippen molar-refractivity contribution in [2.75, 3.05) is 6.61 Å². The first-order valence-electron chi connectivity index (χ1n) is 5.42. The van der Waals surface area contributed by atoms with Crippen molar-refractivity contribution in [3.63, 3.8) is 0 Å². The predicted molar refractivity (Wildman–Crippen MR) is 60.3 cm³/mol. The summed E-state index contributed by atoms with van der Waals surface area (Å²) in [6.45, 7) is 6.50. The lowest BCUT2D eigenvalue weighted by atomic mass is 9.87. The van der Waals surface area contributed by atoms with Crippen LogP contribution in [0.3, 0.4) is 0 Å². The summed E-state index contributed by atoms with van der Waals surface area (Å²) in [6, 6.07) is 6.12. The zero-order chi connectivity index (χ0) is 11.1. The Bertz CT molecular complexity index is 363. The van der Waals surface area contributed by atoms with Crippen molar-refractivity contribution >= 4 is 0 Å². The molecule has 0 fully saturated rings. The van der Waals surface area contributed by atoms with E-state index in [-0.39, 0.29) is 0 Å². The number of rotatable bonds is 2. The molecule has 0 saturated carbocycles. The van der Waals surface area contributed by atoms with Gasteiger partial charge in [0.15, 0.2) is 0 Å². The minimum Gasteiger partial charge on any atom is -0.493 e. The van der Waals surface area contributed by atoms with Crippen LogP contribution in [-0.4, -0.2) is 17.3 Å². The van der Waals surface area contributed by atoms with Gasteiger partial charge in [0, 0.05) is 11.5 Å². The van der Waals surface area contributed by atoms with Crippen LogP contribution < -0.4 is 4.74 Å². The molecule has 15 heavy (non-hydrogen) atoms. The molecule has 2 heteroatoms. The highest BCUT2D eigenvalue weighted by Crippen LogP contribution is 2.40. The fourth-order valence-corrected chi connectivity index (χ4v) is 2.34. The zero-order valence-corrected chi connectivity index (χ0v) is 9.58. The molecule has 0 spiro atoms. The smallest absolute Gasteiger partial charge is 0.123 e. The fourth-order valence-electron chi connectivity index (χ4n) is 2.34. The molecule has 1 N–H and O–H groups in total. The quantitative estimate of drug-likeness (QED) is 0.806. The predicted octanol–water partition coefficient (Wildman–Crippen LogP) is 2.63. The summed E-state index contributed by atoms with van der Waals surface area (Å²) in [5.74, 6) is 1.32. The van der Waals surface area contributed by atoms with Gasteiger partial charge < -0.3 is 9.84 Å². The van der Waals surface area contributed by atoms with Crippen molar-refractivity contribution < 1.29 is 9.84 Å². The molecule has 1 atom stereocenters. The van der Waals surface area contributed by atoms with Crippen LogP contribution in [0.4, 0.5) is 0 Å². The van der Waals surface area contributed by atoms with E-state index in [0.717, 1.165) is 12.2 Å². The van der Waals surface area contributed by atoms with Gasteiger partial charge in [0.2, 0.25) is 0 Å². The van der Waals surface area contributed by atoms with Crippen LogP contribution in [0.25, 0.3) is 0 Å². The molecule has 0 radical (unpaired) electrons. The highest BCUT2D eigenvalue weighted by molar-refractivity contribution is 5.45. The third kappa shape index (κ3) is 2.15. The Morgan fingerprint density at radius 3 is 2.87 bits per heavy atom. The zero-order valence-electron chi connectivity index (χ0n) is 9.58. The number of aliphatic hydroxyl groups is 1. The fraction of sp³-hybridized carbons (Fsp3) is 0.538. The summed E-state index contributed by atoms with van der Waals surface area (Å²) >= 11 is 0. The molecule has 0 aromatic heterocycles. The Morgan fingerprint density at radius 1 is 1.47 bits per heavy atom. The van der Waals surface area contributed by atoms with Crippen LogP contribution in [0.2, 0.25) is 0 Å². The van der Waals surface area contributed by atoms with Gasteiger partial charge in [-0.05, 0) is 38.8 Å². The second-order valence-electron chi connectivity index (χ2n) is 5.01. The molecule has 0 bridgehead atoms. The summed E-state index contributed by atoms with van der Waals surface area (Å²) in [5.41, 5.74) is 1.91. The lowest BCUT2D eigenvalue weighted by Gasteiger charge is -2.21. The molecule has 0 aliphatic carbocycles. The Kier molecular flexibility index (Phi) is 2.47. The van der Waals surface area contributed by atoms with Crippen LogP contribution in [0.1, 0.15) is 37.3 Å². The van der Waals surface area contributed by atoms with Gasteiger partial charge in [-0.25, -0.2) is 0 Å². The second-order valence-corrected chi connectivity index (χ2v) is 5.01. The van der Waals surface area contributed by atoms with E-state index >= 15 is 0 Å². The van der Waals surface area contributed by atoms with Gasteiger partial charge in [-0.3, -0.25) is 0 Å². The van der Waals surface area contributed by atoms with Gasteiger partial charge in [0.05, 0.1) is 12.2 Å². The van der Waals surface area contributed by atoms with E-state index in [1.54, 1.807) is 0 Å². The lowest BCUT2D eigenvalue weighted by molar-refractivity contribution is 0.0602.